The Hall–Kier alpha value is -2.50. The lowest BCUT2D eigenvalue weighted by Gasteiger charge is -2.04. The molecule has 128 valence electrons. The fourth-order valence-electron chi connectivity index (χ4n) is 2.33. The van der Waals surface area contributed by atoms with Crippen LogP contribution in [0.25, 0.3) is 10.6 Å². The van der Waals surface area contributed by atoms with E-state index in [0.29, 0.717) is 12.2 Å². The van der Waals surface area contributed by atoms with Crippen molar-refractivity contribution in [1.29, 1.82) is 0 Å². The highest BCUT2D eigenvalue weighted by Crippen LogP contribution is 2.24. The second kappa shape index (κ2) is 8.05. The third kappa shape index (κ3) is 4.53. The van der Waals surface area contributed by atoms with Gasteiger partial charge in [0, 0.05) is 18.1 Å². The van der Waals surface area contributed by atoms with Gasteiger partial charge in [0.15, 0.2) is 0 Å². The average molecular weight is 353 g/mol. The Bertz CT molecular complexity index is 838. The molecule has 0 radical (unpaired) electrons. The quantitative estimate of drug-likeness (QED) is 0.607. The summed E-state index contributed by atoms with van der Waals surface area (Å²) in [6, 6.07) is 15.4. The van der Waals surface area contributed by atoms with E-state index in [2.05, 4.69) is 24.0 Å². The molecule has 0 bridgehead atoms. The molecular weight excluding hydrogens is 334 g/mol. The van der Waals surface area contributed by atoms with Gasteiger partial charge in [-0.05, 0) is 24.6 Å². The first kappa shape index (κ1) is 17.3. The van der Waals surface area contributed by atoms with Crippen molar-refractivity contribution >= 4 is 17.3 Å². The van der Waals surface area contributed by atoms with Crippen LogP contribution in [0.15, 0.2) is 53.9 Å². The molecule has 25 heavy (non-hydrogen) atoms. The van der Waals surface area contributed by atoms with Gasteiger partial charge < -0.3 is 9.47 Å². The van der Waals surface area contributed by atoms with E-state index in [1.807, 2.05) is 29.6 Å². The van der Waals surface area contributed by atoms with Gasteiger partial charge in [0.05, 0.1) is 17.9 Å². The standard InChI is InChI=1S/C20H19NO3S/c1-14-3-7-16(8-4-14)19-21-18(13-25-19)12-24-20(22)17-9-5-15(6-10-17)11-23-2/h3-10,13H,11-12H2,1-2H3. The predicted octanol–water partition coefficient (Wildman–Crippen LogP) is 4.62. The largest absolute Gasteiger partial charge is 0.456 e. The normalized spacial score (nSPS) is 10.6. The summed E-state index contributed by atoms with van der Waals surface area (Å²) in [5.41, 5.74) is 4.58. The van der Waals surface area contributed by atoms with Crippen LogP contribution in [0.3, 0.4) is 0 Å². The molecule has 3 aromatic rings. The van der Waals surface area contributed by atoms with Gasteiger partial charge in [-0.2, -0.15) is 0 Å². The lowest BCUT2D eigenvalue weighted by molar-refractivity contribution is 0.0468. The fourth-order valence-corrected chi connectivity index (χ4v) is 3.14. The first-order chi connectivity index (χ1) is 12.2. The van der Waals surface area contributed by atoms with Crippen molar-refractivity contribution in [2.24, 2.45) is 0 Å². The molecule has 0 saturated carbocycles. The van der Waals surface area contributed by atoms with E-state index < -0.39 is 0 Å². The maximum Gasteiger partial charge on any atom is 0.338 e. The van der Waals surface area contributed by atoms with Crippen LogP contribution < -0.4 is 0 Å². The zero-order valence-corrected chi connectivity index (χ0v) is 15.0. The topological polar surface area (TPSA) is 48.4 Å². The van der Waals surface area contributed by atoms with Crippen molar-refractivity contribution in [3.05, 3.63) is 76.3 Å². The van der Waals surface area contributed by atoms with Crippen LogP contribution in [-0.2, 0) is 22.7 Å². The van der Waals surface area contributed by atoms with Crippen molar-refractivity contribution in [1.82, 2.24) is 4.98 Å². The molecule has 0 aliphatic rings. The number of ether oxygens (including phenoxy) is 2. The highest BCUT2D eigenvalue weighted by atomic mass is 32.1. The summed E-state index contributed by atoms with van der Waals surface area (Å²) >= 11 is 1.55. The second-order valence-electron chi connectivity index (χ2n) is 5.72. The molecule has 0 atom stereocenters. The lowest BCUT2D eigenvalue weighted by atomic mass is 10.1. The summed E-state index contributed by atoms with van der Waals surface area (Å²) in [4.78, 5) is 16.7. The van der Waals surface area contributed by atoms with Gasteiger partial charge in [-0.25, -0.2) is 9.78 Å². The Kier molecular flexibility index (Phi) is 5.58. The fraction of sp³-hybridized carbons (Fsp3) is 0.200. The highest BCUT2D eigenvalue weighted by Gasteiger charge is 2.10. The van der Waals surface area contributed by atoms with E-state index in [0.717, 1.165) is 21.8 Å². The first-order valence-electron chi connectivity index (χ1n) is 7.92. The van der Waals surface area contributed by atoms with E-state index in [1.54, 1.807) is 30.6 Å². The molecule has 0 unspecified atom stereocenters. The lowest BCUT2D eigenvalue weighted by Crippen LogP contribution is -2.05. The Balaban J connectivity index is 1.60. The third-order valence-corrected chi connectivity index (χ3v) is 4.64. The molecule has 0 spiro atoms. The van der Waals surface area contributed by atoms with E-state index in [4.69, 9.17) is 9.47 Å². The Morgan fingerprint density at radius 1 is 1.04 bits per heavy atom. The zero-order chi connectivity index (χ0) is 17.6. The van der Waals surface area contributed by atoms with Crippen LogP contribution in [0.5, 0.6) is 0 Å². The monoisotopic (exact) mass is 353 g/mol. The molecule has 1 heterocycles. The van der Waals surface area contributed by atoms with Crippen LogP contribution in [-0.4, -0.2) is 18.1 Å². The number of thiazole rings is 1. The van der Waals surface area contributed by atoms with Gasteiger partial charge in [0.25, 0.3) is 0 Å². The number of hydrogen-bond donors (Lipinski definition) is 0. The summed E-state index contributed by atoms with van der Waals surface area (Å²) in [5, 5.41) is 2.85. The van der Waals surface area contributed by atoms with Gasteiger partial charge in [-0.3, -0.25) is 0 Å². The van der Waals surface area contributed by atoms with Gasteiger partial charge in [-0.15, -0.1) is 11.3 Å². The Morgan fingerprint density at radius 3 is 2.44 bits per heavy atom. The predicted molar refractivity (Wildman–Crippen MR) is 98.6 cm³/mol. The number of carbonyl (C=O) groups excluding carboxylic acids is 1. The summed E-state index contributed by atoms with van der Waals surface area (Å²) in [6.07, 6.45) is 0. The van der Waals surface area contributed by atoms with E-state index in [1.165, 1.54) is 5.56 Å². The molecule has 1 aromatic heterocycles. The first-order valence-corrected chi connectivity index (χ1v) is 8.80. The molecule has 3 rings (SSSR count). The molecule has 0 aliphatic heterocycles. The van der Waals surface area contributed by atoms with E-state index in [-0.39, 0.29) is 12.6 Å². The molecule has 5 heteroatoms. The van der Waals surface area contributed by atoms with Crippen LogP contribution in [0.1, 0.15) is 27.2 Å². The number of rotatable bonds is 6. The minimum Gasteiger partial charge on any atom is -0.456 e. The Labute approximate surface area is 151 Å². The minimum atomic E-state index is -0.353. The zero-order valence-electron chi connectivity index (χ0n) is 14.2. The smallest absolute Gasteiger partial charge is 0.338 e. The van der Waals surface area contributed by atoms with Crippen molar-refractivity contribution in [3.63, 3.8) is 0 Å². The number of methoxy groups -OCH3 is 1. The maximum atomic E-state index is 12.1. The number of nitrogens with zero attached hydrogens (tertiary/aromatic N) is 1. The summed E-state index contributed by atoms with van der Waals surface area (Å²) in [5.74, 6) is -0.353. The molecule has 2 aromatic carbocycles. The molecule has 0 N–H and O–H groups in total. The number of esters is 1. The maximum absolute atomic E-state index is 12.1. The second-order valence-corrected chi connectivity index (χ2v) is 6.57. The molecule has 0 aliphatic carbocycles. The molecule has 4 nitrogen and oxygen atoms in total. The molecule has 0 saturated heterocycles. The average Bonchev–Trinajstić information content (AvgIpc) is 3.10. The molecule has 0 amide bonds. The number of aryl methyl sites for hydroxylation is 1. The van der Waals surface area contributed by atoms with Gasteiger partial charge >= 0.3 is 5.97 Å². The van der Waals surface area contributed by atoms with Crippen molar-refractivity contribution in [2.75, 3.05) is 7.11 Å². The number of hydrogen-bond acceptors (Lipinski definition) is 5. The van der Waals surface area contributed by atoms with Gasteiger partial charge in [0.1, 0.15) is 11.6 Å². The van der Waals surface area contributed by atoms with Crippen LogP contribution in [0, 0.1) is 6.92 Å². The third-order valence-electron chi connectivity index (χ3n) is 3.70. The van der Waals surface area contributed by atoms with Crippen LogP contribution >= 0.6 is 11.3 Å². The van der Waals surface area contributed by atoms with E-state index in [9.17, 15) is 4.79 Å². The van der Waals surface area contributed by atoms with Crippen molar-refractivity contribution in [2.45, 2.75) is 20.1 Å². The number of carbonyl (C=O) groups is 1. The summed E-state index contributed by atoms with van der Waals surface area (Å²) in [7, 11) is 1.64. The van der Waals surface area contributed by atoms with Crippen LogP contribution in [0.2, 0.25) is 0 Å². The van der Waals surface area contributed by atoms with Crippen molar-refractivity contribution < 1.29 is 14.3 Å². The molecular formula is C20H19NO3S. The van der Waals surface area contributed by atoms with E-state index >= 15 is 0 Å². The molecule has 0 fully saturated rings. The SMILES string of the molecule is COCc1ccc(C(=O)OCc2csc(-c3ccc(C)cc3)n2)cc1. The van der Waals surface area contributed by atoms with Gasteiger partial charge in [-0.1, -0.05) is 42.0 Å². The minimum absolute atomic E-state index is 0.168. The highest BCUT2D eigenvalue weighted by molar-refractivity contribution is 7.13. The number of benzene rings is 2. The summed E-state index contributed by atoms with van der Waals surface area (Å²) in [6.45, 7) is 2.75. The van der Waals surface area contributed by atoms with Gasteiger partial charge in [0.2, 0.25) is 0 Å². The Morgan fingerprint density at radius 2 is 1.76 bits per heavy atom. The summed E-state index contributed by atoms with van der Waals surface area (Å²) < 4.78 is 10.4. The van der Waals surface area contributed by atoms with Crippen LogP contribution in [0.4, 0.5) is 0 Å². The number of aromatic nitrogens is 1. The van der Waals surface area contributed by atoms with Crippen molar-refractivity contribution in [3.8, 4) is 10.6 Å².